The minimum absolute atomic E-state index is 0.0658. The van der Waals surface area contributed by atoms with Crippen LogP contribution in [0.25, 0.3) is 0 Å². The van der Waals surface area contributed by atoms with E-state index in [-0.39, 0.29) is 5.96 Å². The van der Waals surface area contributed by atoms with E-state index in [1.807, 2.05) is 18.2 Å². The summed E-state index contributed by atoms with van der Waals surface area (Å²) < 4.78 is 0.845. The Hall–Kier alpha value is -0.740. The number of nitrogens with zero attached hydrogens (tertiary/aromatic N) is 1. The van der Waals surface area contributed by atoms with Gasteiger partial charge in [0.1, 0.15) is 0 Å². The molecule has 0 fully saturated rings. The number of rotatable bonds is 2. The Labute approximate surface area is 89.9 Å². The molecule has 5 heteroatoms. The highest BCUT2D eigenvalue weighted by molar-refractivity contribution is 9.10. The molecule has 1 rings (SSSR count). The third kappa shape index (κ3) is 2.90. The summed E-state index contributed by atoms with van der Waals surface area (Å²) in [4.78, 5) is 3.86. The fraction of sp³-hybridized carbons (Fsp3) is 0.125. The zero-order chi connectivity index (χ0) is 9.84. The summed E-state index contributed by atoms with van der Waals surface area (Å²) in [6.07, 6.45) is 0. The lowest BCUT2D eigenvalue weighted by Crippen LogP contribution is -2.22. The molecule has 1 aromatic carbocycles. The summed E-state index contributed by atoms with van der Waals surface area (Å²) in [6.45, 7) is 0.403. The quantitative estimate of drug-likeness (QED) is 0.631. The Morgan fingerprint density at radius 3 is 2.77 bits per heavy atom. The van der Waals surface area contributed by atoms with E-state index in [4.69, 9.17) is 23.1 Å². The summed E-state index contributed by atoms with van der Waals surface area (Å²) in [5, 5.41) is 0.646. The van der Waals surface area contributed by atoms with Crippen LogP contribution in [0.3, 0.4) is 0 Å². The Kier molecular flexibility index (Phi) is 3.57. The molecule has 0 aromatic heterocycles. The summed E-state index contributed by atoms with van der Waals surface area (Å²) in [5.41, 5.74) is 11.3. The van der Waals surface area contributed by atoms with Crippen molar-refractivity contribution >= 4 is 33.5 Å². The lowest BCUT2D eigenvalue weighted by molar-refractivity contribution is 1.05. The van der Waals surface area contributed by atoms with Crippen molar-refractivity contribution in [1.82, 2.24) is 0 Å². The maximum absolute atomic E-state index is 5.98. The van der Waals surface area contributed by atoms with Gasteiger partial charge in [0.15, 0.2) is 5.96 Å². The molecular weight excluding hydrogens is 253 g/mol. The predicted octanol–water partition coefficient (Wildman–Crippen LogP) is 1.88. The molecule has 3 nitrogen and oxygen atoms in total. The van der Waals surface area contributed by atoms with Gasteiger partial charge >= 0.3 is 0 Å². The van der Waals surface area contributed by atoms with Crippen LogP contribution in [0.2, 0.25) is 5.02 Å². The summed E-state index contributed by atoms with van der Waals surface area (Å²) in [6, 6.07) is 5.62. The number of hydrogen-bond donors (Lipinski definition) is 2. The molecule has 0 saturated heterocycles. The van der Waals surface area contributed by atoms with Gasteiger partial charge in [-0.25, -0.2) is 4.99 Å². The monoisotopic (exact) mass is 261 g/mol. The van der Waals surface area contributed by atoms with Gasteiger partial charge in [0, 0.05) is 4.47 Å². The molecule has 0 atom stereocenters. The number of aliphatic imine (C=N–C) groups is 1. The largest absolute Gasteiger partial charge is 0.370 e. The molecular formula is C8H9BrClN3. The first kappa shape index (κ1) is 10.3. The molecule has 0 aliphatic heterocycles. The molecule has 0 saturated carbocycles. The Morgan fingerprint density at radius 1 is 1.46 bits per heavy atom. The molecule has 13 heavy (non-hydrogen) atoms. The van der Waals surface area contributed by atoms with Gasteiger partial charge in [-0.2, -0.15) is 0 Å². The molecule has 0 unspecified atom stereocenters. The number of halogens is 2. The third-order valence-electron chi connectivity index (χ3n) is 1.46. The number of guanidine groups is 1. The molecule has 4 N–H and O–H groups in total. The van der Waals surface area contributed by atoms with E-state index in [1.54, 1.807) is 0 Å². The van der Waals surface area contributed by atoms with Crippen LogP contribution in [0.4, 0.5) is 0 Å². The lowest BCUT2D eigenvalue weighted by atomic mass is 10.2. The second-order valence-electron chi connectivity index (χ2n) is 2.45. The van der Waals surface area contributed by atoms with E-state index in [2.05, 4.69) is 20.9 Å². The summed E-state index contributed by atoms with van der Waals surface area (Å²) in [5.74, 6) is 0.0658. The summed E-state index contributed by atoms with van der Waals surface area (Å²) in [7, 11) is 0. The highest BCUT2D eigenvalue weighted by Gasteiger charge is 2.02. The normalized spacial score (nSPS) is 9.69. The van der Waals surface area contributed by atoms with Crippen LogP contribution in [0.5, 0.6) is 0 Å². The van der Waals surface area contributed by atoms with Gasteiger partial charge in [-0.1, -0.05) is 23.7 Å². The zero-order valence-electron chi connectivity index (χ0n) is 6.80. The highest BCUT2D eigenvalue weighted by Crippen LogP contribution is 2.26. The van der Waals surface area contributed by atoms with E-state index in [9.17, 15) is 0 Å². The van der Waals surface area contributed by atoms with Gasteiger partial charge in [-0.3, -0.25) is 0 Å². The van der Waals surface area contributed by atoms with Crippen molar-refractivity contribution in [3.63, 3.8) is 0 Å². The molecule has 0 heterocycles. The minimum atomic E-state index is 0.0658. The predicted molar refractivity (Wildman–Crippen MR) is 58.7 cm³/mol. The number of benzene rings is 1. The zero-order valence-corrected chi connectivity index (χ0v) is 9.14. The van der Waals surface area contributed by atoms with Crippen molar-refractivity contribution in [2.45, 2.75) is 6.54 Å². The van der Waals surface area contributed by atoms with E-state index in [1.165, 1.54) is 0 Å². The molecule has 0 radical (unpaired) electrons. The molecule has 0 amide bonds. The summed E-state index contributed by atoms with van der Waals surface area (Å²) >= 11 is 9.29. The average molecular weight is 263 g/mol. The lowest BCUT2D eigenvalue weighted by Gasteiger charge is -2.02. The van der Waals surface area contributed by atoms with Gasteiger partial charge < -0.3 is 11.5 Å². The minimum Gasteiger partial charge on any atom is -0.370 e. The SMILES string of the molecule is NC(N)=NCc1cccc(Br)c1Cl. The van der Waals surface area contributed by atoms with Crippen molar-refractivity contribution < 1.29 is 0 Å². The second kappa shape index (κ2) is 4.48. The first-order valence-electron chi connectivity index (χ1n) is 3.59. The van der Waals surface area contributed by atoms with Gasteiger partial charge in [-0.15, -0.1) is 0 Å². The highest BCUT2D eigenvalue weighted by atomic mass is 79.9. The van der Waals surface area contributed by atoms with E-state index in [0.717, 1.165) is 10.0 Å². The van der Waals surface area contributed by atoms with Crippen LogP contribution < -0.4 is 11.5 Å². The van der Waals surface area contributed by atoms with E-state index in [0.29, 0.717) is 11.6 Å². The van der Waals surface area contributed by atoms with Gasteiger partial charge in [0.25, 0.3) is 0 Å². The number of nitrogens with two attached hydrogens (primary N) is 2. The molecule has 70 valence electrons. The van der Waals surface area contributed by atoms with E-state index < -0.39 is 0 Å². The topological polar surface area (TPSA) is 64.4 Å². The van der Waals surface area contributed by atoms with Gasteiger partial charge in [0.05, 0.1) is 11.6 Å². The van der Waals surface area contributed by atoms with E-state index >= 15 is 0 Å². The van der Waals surface area contributed by atoms with Crippen molar-refractivity contribution in [2.75, 3.05) is 0 Å². The van der Waals surface area contributed by atoms with Crippen molar-refractivity contribution in [1.29, 1.82) is 0 Å². The fourth-order valence-electron chi connectivity index (χ4n) is 0.847. The third-order valence-corrected chi connectivity index (χ3v) is 2.80. The second-order valence-corrected chi connectivity index (χ2v) is 3.69. The first-order chi connectivity index (χ1) is 6.11. The van der Waals surface area contributed by atoms with Crippen molar-refractivity contribution in [3.05, 3.63) is 33.3 Å². The maximum Gasteiger partial charge on any atom is 0.186 e. The van der Waals surface area contributed by atoms with Crippen LogP contribution in [0.15, 0.2) is 27.7 Å². The average Bonchev–Trinajstić information content (AvgIpc) is 2.07. The smallest absolute Gasteiger partial charge is 0.186 e. The molecule has 0 bridgehead atoms. The number of hydrogen-bond acceptors (Lipinski definition) is 1. The van der Waals surface area contributed by atoms with Crippen molar-refractivity contribution in [2.24, 2.45) is 16.5 Å². The maximum atomic E-state index is 5.98. The van der Waals surface area contributed by atoms with Gasteiger partial charge in [0.2, 0.25) is 0 Å². The fourth-order valence-corrected chi connectivity index (χ4v) is 1.44. The first-order valence-corrected chi connectivity index (χ1v) is 4.76. The molecule has 1 aromatic rings. The van der Waals surface area contributed by atoms with Crippen LogP contribution in [0, 0.1) is 0 Å². The van der Waals surface area contributed by atoms with Gasteiger partial charge in [-0.05, 0) is 27.6 Å². The molecule has 0 spiro atoms. The Balaban J connectivity index is 2.89. The van der Waals surface area contributed by atoms with Crippen LogP contribution in [0.1, 0.15) is 5.56 Å². The molecule has 0 aliphatic rings. The molecule has 0 aliphatic carbocycles. The van der Waals surface area contributed by atoms with Crippen molar-refractivity contribution in [3.8, 4) is 0 Å². The van der Waals surface area contributed by atoms with Crippen LogP contribution in [-0.4, -0.2) is 5.96 Å². The Morgan fingerprint density at radius 2 is 2.15 bits per heavy atom. The Bertz CT molecular complexity index is 334. The standard InChI is InChI=1S/C8H9BrClN3/c9-6-3-1-2-5(7(6)10)4-13-8(11)12/h1-3H,4H2,(H4,11,12,13). The van der Waals surface area contributed by atoms with Crippen LogP contribution >= 0.6 is 27.5 Å². The van der Waals surface area contributed by atoms with Crippen LogP contribution in [-0.2, 0) is 6.54 Å².